The van der Waals surface area contributed by atoms with Gasteiger partial charge in [-0.3, -0.25) is 0 Å². The minimum atomic E-state index is -3.08. The number of hydrogen-bond acceptors (Lipinski definition) is 7. The molecule has 0 saturated carbocycles. The van der Waals surface area contributed by atoms with Crippen molar-refractivity contribution in [3.63, 3.8) is 0 Å². The van der Waals surface area contributed by atoms with Crippen LogP contribution in [0.25, 0.3) is 21.7 Å². The Labute approximate surface area is 162 Å². The highest BCUT2D eigenvalue weighted by molar-refractivity contribution is 8.00. The first-order valence-corrected chi connectivity index (χ1v) is 10.3. The fraction of sp³-hybridized carbons (Fsp3) is 0.333. The highest BCUT2D eigenvalue weighted by atomic mass is 32.2. The van der Waals surface area contributed by atoms with Gasteiger partial charge in [-0.05, 0) is 36.4 Å². The molecule has 5 nitrogen and oxygen atoms in total. The summed E-state index contributed by atoms with van der Waals surface area (Å²) < 4.78 is 33.9. The van der Waals surface area contributed by atoms with Crippen molar-refractivity contribution in [3.8, 4) is 10.6 Å². The van der Waals surface area contributed by atoms with Crippen molar-refractivity contribution in [2.75, 3.05) is 18.0 Å². The number of piperazine rings is 1. The zero-order valence-corrected chi connectivity index (χ0v) is 15.8. The first-order chi connectivity index (χ1) is 13.0. The first-order valence-electron chi connectivity index (χ1n) is 8.57. The smallest absolute Gasteiger partial charge is 0.316 e. The standard InChI is InChI=1S/C18H16F2N4OS2/c1-2-18(19,20)27-13-4-3-12(16-21-5-6-26-16)15-14(13)23-17(25-15)24-8-10-7-11(9-24)22-10/h2-6,10-11,22H,1,7-9H2. The molecule has 0 aliphatic carbocycles. The van der Waals surface area contributed by atoms with E-state index in [9.17, 15) is 8.78 Å². The molecule has 27 heavy (non-hydrogen) atoms. The van der Waals surface area contributed by atoms with Crippen LogP contribution in [0.1, 0.15) is 6.42 Å². The average Bonchev–Trinajstić information content (AvgIpc) is 3.31. The number of alkyl halides is 2. The Morgan fingerprint density at radius 2 is 2.15 bits per heavy atom. The molecule has 9 heteroatoms. The SMILES string of the molecule is C=CC(F)(F)Sc1ccc(-c2nccs2)c2oc(N3CC4CC(C3)N4)nc12. The maximum Gasteiger partial charge on any atom is 0.316 e. The fourth-order valence-corrected chi connectivity index (χ4v) is 4.98. The summed E-state index contributed by atoms with van der Waals surface area (Å²) in [6.45, 7) is 4.83. The summed E-state index contributed by atoms with van der Waals surface area (Å²) in [4.78, 5) is 11.4. The second-order valence-electron chi connectivity index (χ2n) is 6.69. The van der Waals surface area contributed by atoms with Gasteiger partial charge in [-0.25, -0.2) is 4.98 Å². The molecule has 3 aromatic rings. The number of oxazole rings is 1. The first kappa shape index (κ1) is 17.2. The predicted octanol–water partition coefficient (Wildman–Crippen LogP) is 4.37. The summed E-state index contributed by atoms with van der Waals surface area (Å²) >= 11 is 1.90. The molecule has 2 atom stereocenters. The maximum absolute atomic E-state index is 13.9. The molecular formula is C18H16F2N4OS2. The number of nitrogens with one attached hydrogen (secondary N) is 1. The van der Waals surface area contributed by atoms with E-state index in [2.05, 4.69) is 26.8 Å². The van der Waals surface area contributed by atoms with Crippen molar-refractivity contribution in [1.29, 1.82) is 0 Å². The molecule has 6 rings (SSSR count). The fourth-order valence-electron chi connectivity index (χ4n) is 3.57. The Hall–Kier alpha value is -1.97. The molecule has 0 spiro atoms. The number of benzene rings is 1. The van der Waals surface area contributed by atoms with Gasteiger partial charge in [0.25, 0.3) is 6.01 Å². The predicted molar refractivity (Wildman–Crippen MR) is 104 cm³/mol. The van der Waals surface area contributed by atoms with Crippen LogP contribution in [0, 0.1) is 0 Å². The molecule has 0 amide bonds. The third-order valence-electron chi connectivity index (χ3n) is 4.83. The molecule has 2 unspecified atom stereocenters. The van der Waals surface area contributed by atoms with Crippen LogP contribution < -0.4 is 10.2 Å². The van der Waals surface area contributed by atoms with Crippen LogP contribution in [0.3, 0.4) is 0 Å². The van der Waals surface area contributed by atoms with E-state index in [1.54, 1.807) is 18.3 Å². The van der Waals surface area contributed by atoms with Crippen LogP contribution in [0.5, 0.6) is 0 Å². The van der Waals surface area contributed by atoms with Gasteiger partial charge >= 0.3 is 5.25 Å². The van der Waals surface area contributed by atoms with Crippen molar-refractivity contribution >= 4 is 40.2 Å². The quantitative estimate of drug-likeness (QED) is 0.502. The average molecular weight is 406 g/mol. The largest absolute Gasteiger partial charge is 0.423 e. The lowest BCUT2D eigenvalue weighted by atomic mass is 9.92. The number of anilines is 1. The van der Waals surface area contributed by atoms with Crippen molar-refractivity contribution in [1.82, 2.24) is 15.3 Å². The topological polar surface area (TPSA) is 54.2 Å². The molecule has 3 aliphatic rings. The number of piperidine rings is 1. The normalized spacial score (nSPS) is 22.1. The number of fused-ring (bicyclic) bond motifs is 3. The van der Waals surface area contributed by atoms with E-state index in [0.29, 0.717) is 51.9 Å². The van der Waals surface area contributed by atoms with Gasteiger partial charge in [0, 0.05) is 41.6 Å². The highest BCUT2D eigenvalue weighted by Crippen LogP contribution is 2.43. The molecule has 2 bridgehead atoms. The lowest BCUT2D eigenvalue weighted by molar-refractivity contribution is 0.163. The summed E-state index contributed by atoms with van der Waals surface area (Å²) in [7, 11) is 0. The maximum atomic E-state index is 13.9. The van der Waals surface area contributed by atoms with E-state index in [1.807, 2.05) is 5.38 Å². The number of aromatic nitrogens is 2. The van der Waals surface area contributed by atoms with Gasteiger partial charge in [0.15, 0.2) is 5.58 Å². The van der Waals surface area contributed by atoms with Crippen molar-refractivity contribution in [2.45, 2.75) is 28.7 Å². The van der Waals surface area contributed by atoms with E-state index in [0.717, 1.165) is 30.1 Å². The zero-order valence-electron chi connectivity index (χ0n) is 14.2. The van der Waals surface area contributed by atoms with Gasteiger partial charge < -0.3 is 14.6 Å². The minimum Gasteiger partial charge on any atom is -0.423 e. The van der Waals surface area contributed by atoms with Crippen LogP contribution in [-0.4, -0.2) is 40.4 Å². The summed E-state index contributed by atoms with van der Waals surface area (Å²) in [5.41, 5.74) is 1.71. The van der Waals surface area contributed by atoms with Crippen LogP contribution in [0.2, 0.25) is 0 Å². The van der Waals surface area contributed by atoms with Gasteiger partial charge in [-0.15, -0.1) is 11.3 Å². The molecule has 0 radical (unpaired) electrons. The van der Waals surface area contributed by atoms with Crippen molar-refractivity contribution < 1.29 is 13.2 Å². The number of rotatable bonds is 5. The molecular weight excluding hydrogens is 390 g/mol. The molecule has 1 N–H and O–H groups in total. The van der Waals surface area contributed by atoms with Crippen LogP contribution in [-0.2, 0) is 0 Å². The molecule has 3 saturated heterocycles. The number of halogens is 2. The van der Waals surface area contributed by atoms with Gasteiger partial charge in [0.05, 0.1) is 5.56 Å². The van der Waals surface area contributed by atoms with E-state index < -0.39 is 5.25 Å². The number of thioether (sulfide) groups is 1. The summed E-state index contributed by atoms with van der Waals surface area (Å²) in [5, 5.41) is 3.03. The lowest BCUT2D eigenvalue weighted by Crippen LogP contribution is -2.67. The Morgan fingerprint density at radius 3 is 2.81 bits per heavy atom. The second kappa shape index (κ2) is 6.29. The third kappa shape index (κ3) is 3.03. The van der Waals surface area contributed by atoms with Gasteiger partial charge in [0.2, 0.25) is 0 Å². The molecule has 2 aromatic heterocycles. The number of nitrogens with zero attached hydrogens (tertiary/aromatic N) is 3. The highest BCUT2D eigenvalue weighted by Gasteiger charge is 2.38. The van der Waals surface area contributed by atoms with Crippen molar-refractivity contribution in [3.05, 3.63) is 36.4 Å². The molecule has 140 valence electrons. The number of thiazole rings is 1. The van der Waals surface area contributed by atoms with Crippen LogP contribution >= 0.6 is 23.1 Å². The van der Waals surface area contributed by atoms with Crippen molar-refractivity contribution in [2.24, 2.45) is 0 Å². The van der Waals surface area contributed by atoms with Gasteiger partial charge in [-0.1, -0.05) is 6.58 Å². The van der Waals surface area contributed by atoms with Crippen LogP contribution in [0.4, 0.5) is 14.8 Å². The monoisotopic (exact) mass is 406 g/mol. The Balaban J connectivity index is 1.61. The molecule has 1 aromatic carbocycles. The molecule has 3 aliphatic heterocycles. The molecule has 3 fully saturated rings. The summed E-state index contributed by atoms with van der Waals surface area (Å²) in [6, 6.07) is 4.79. The van der Waals surface area contributed by atoms with E-state index in [-0.39, 0.29) is 0 Å². The van der Waals surface area contributed by atoms with Gasteiger partial charge in [0.1, 0.15) is 10.5 Å². The van der Waals surface area contributed by atoms with Gasteiger partial charge in [-0.2, -0.15) is 13.8 Å². The molecule has 5 heterocycles. The minimum absolute atomic E-state index is 0.366. The Kier molecular flexibility index (Phi) is 3.99. The summed E-state index contributed by atoms with van der Waals surface area (Å²) in [6.07, 6.45) is 3.51. The third-order valence-corrected chi connectivity index (χ3v) is 6.63. The zero-order chi connectivity index (χ0) is 18.6. The van der Waals surface area contributed by atoms with E-state index in [4.69, 9.17) is 4.42 Å². The second-order valence-corrected chi connectivity index (χ2v) is 8.77. The van der Waals surface area contributed by atoms with E-state index >= 15 is 0 Å². The van der Waals surface area contributed by atoms with E-state index in [1.165, 1.54) is 11.3 Å². The van der Waals surface area contributed by atoms with Crippen LogP contribution in [0.15, 0.2) is 45.7 Å². The summed E-state index contributed by atoms with van der Waals surface area (Å²) in [5.74, 6) is 0. The Bertz CT molecular complexity index is 988. The lowest BCUT2D eigenvalue weighted by Gasteiger charge is -2.47. The number of hydrogen-bond donors (Lipinski definition) is 1. The Morgan fingerprint density at radius 1 is 1.37 bits per heavy atom.